The van der Waals surface area contributed by atoms with Gasteiger partial charge < -0.3 is 9.64 Å². The lowest BCUT2D eigenvalue weighted by atomic mass is 10.2. The Morgan fingerprint density at radius 3 is 2.68 bits per heavy atom. The Labute approximate surface area is 129 Å². The van der Waals surface area contributed by atoms with Crippen LogP contribution in [0.25, 0.3) is 0 Å². The second-order valence-electron chi connectivity index (χ2n) is 4.81. The Morgan fingerprint density at radius 1 is 1.27 bits per heavy atom. The molecular weight excluding hydrogens is 278 g/mol. The number of ether oxygens (including phenoxy) is 1. The molecule has 1 heterocycles. The van der Waals surface area contributed by atoms with Crippen LogP contribution in [0.5, 0.6) is 5.75 Å². The zero-order valence-electron chi connectivity index (χ0n) is 12.4. The molecule has 0 aliphatic carbocycles. The van der Waals surface area contributed by atoms with Crippen molar-refractivity contribution in [3.8, 4) is 11.8 Å². The van der Waals surface area contributed by atoms with Gasteiger partial charge in [0.2, 0.25) is 0 Å². The van der Waals surface area contributed by atoms with Crippen LogP contribution in [0.4, 0.5) is 0 Å². The number of benzene rings is 1. The van der Waals surface area contributed by atoms with E-state index in [2.05, 4.69) is 4.98 Å². The van der Waals surface area contributed by atoms with Gasteiger partial charge in [-0.25, -0.2) is 0 Å². The van der Waals surface area contributed by atoms with Crippen molar-refractivity contribution in [2.24, 2.45) is 0 Å². The summed E-state index contributed by atoms with van der Waals surface area (Å²) in [5.74, 6) is 0.478. The minimum absolute atomic E-state index is 0.0232. The molecule has 22 heavy (non-hydrogen) atoms. The van der Waals surface area contributed by atoms with Crippen LogP contribution in [0.3, 0.4) is 0 Å². The topological polar surface area (TPSA) is 66.2 Å². The maximum atomic E-state index is 12.0. The SMILES string of the molecule is CN(CCc1ccccn1)C(=O)COc1ccc(C#N)cc1. The van der Waals surface area contributed by atoms with Gasteiger partial charge in [0, 0.05) is 31.9 Å². The van der Waals surface area contributed by atoms with Gasteiger partial charge in [-0.3, -0.25) is 9.78 Å². The Morgan fingerprint density at radius 2 is 2.05 bits per heavy atom. The standard InChI is InChI=1S/C17H17N3O2/c1-20(11-9-15-4-2-3-10-19-15)17(21)13-22-16-7-5-14(12-18)6-8-16/h2-8,10H,9,11,13H2,1H3. The number of carbonyl (C=O) groups excluding carboxylic acids is 1. The fourth-order valence-corrected chi connectivity index (χ4v) is 1.83. The Hall–Kier alpha value is -2.87. The molecule has 0 spiro atoms. The molecule has 0 saturated heterocycles. The molecule has 0 fully saturated rings. The summed E-state index contributed by atoms with van der Waals surface area (Å²) in [4.78, 5) is 17.8. The summed E-state index contributed by atoms with van der Waals surface area (Å²) >= 11 is 0. The molecule has 0 radical (unpaired) electrons. The fourth-order valence-electron chi connectivity index (χ4n) is 1.83. The average molecular weight is 295 g/mol. The van der Waals surface area contributed by atoms with Crippen LogP contribution >= 0.6 is 0 Å². The van der Waals surface area contributed by atoms with Crippen molar-refractivity contribution in [1.82, 2.24) is 9.88 Å². The number of aromatic nitrogens is 1. The van der Waals surface area contributed by atoms with Crippen LogP contribution in [0.1, 0.15) is 11.3 Å². The van der Waals surface area contributed by atoms with E-state index in [-0.39, 0.29) is 12.5 Å². The summed E-state index contributed by atoms with van der Waals surface area (Å²) < 4.78 is 5.42. The van der Waals surface area contributed by atoms with Crippen LogP contribution in [0, 0.1) is 11.3 Å². The number of likely N-dealkylation sites (N-methyl/N-ethyl adjacent to an activating group) is 1. The number of pyridine rings is 1. The smallest absolute Gasteiger partial charge is 0.260 e. The first-order valence-corrected chi connectivity index (χ1v) is 6.96. The summed E-state index contributed by atoms with van der Waals surface area (Å²) in [6.07, 6.45) is 2.45. The van der Waals surface area contributed by atoms with Crippen LogP contribution < -0.4 is 4.74 Å². The van der Waals surface area contributed by atoms with Gasteiger partial charge in [-0.2, -0.15) is 5.26 Å². The molecule has 0 saturated carbocycles. The fraction of sp³-hybridized carbons (Fsp3) is 0.235. The first-order chi connectivity index (χ1) is 10.7. The molecule has 2 aromatic rings. The van der Waals surface area contributed by atoms with Crippen LogP contribution in [-0.2, 0) is 11.2 Å². The summed E-state index contributed by atoms with van der Waals surface area (Å²) in [6.45, 7) is 0.567. The normalized spacial score (nSPS) is 9.82. The highest BCUT2D eigenvalue weighted by Crippen LogP contribution is 2.11. The van der Waals surface area contributed by atoms with Crippen molar-refractivity contribution in [2.75, 3.05) is 20.2 Å². The summed E-state index contributed by atoms with van der Waals surface area (Å²) in [5, 5.41) is 8.72. The third-order valence-electron chi connectivity index (χ3n) is 3.20. The lowest BCUT2D eigenvalue weighted by molar-refractivity contribution is -0.132. The molecule has 1 aromatic carbocycles. The van der Waals surface area contributed by atoms with E-state index < -0.39 is 0 Å². The maximum absolute atomic E-state index is 12.0. The first-order valence-electron chi connectivity index (χ1n) is 6.96. The predicted octanol–water partition coefficient (Wildman–Crippen LogP) is 2.03. The third-order valence-corrected chi connectivity index (χ3v) is 3.20. The number of amides is 1. The molecule has 1 aromatic heterocycles. The van der Waals surface area contributed by atoms with Gasteiger partial charge in [0.05, 0.1) is 11.6 Å². The zero-order chi connectivity index (χ0) is 15.8. The number of hydrogen-bond donors (Lipinski definition) is 0. The zero-order valence-corrected chi connectivity index (χ0v) is 12.4. The van der Waals surface area contributed by atoms with E-state index in [1.807, 2.05) is 24.3 Å². The van der Waals surface area contributed by atoms with Gasteiger partial charge in [-0.1, -0.05) is 6.07 Å². The van der Waals surface area contributed by atoms with E-state index in [0.717, 1.165) is 5.69 Å². The number of nitrogens with zero attached hydrogens (tertiary/aromatic N) is 3. The third kappa shape index (κ3) is 4.60. The number of hydrogen-bond acceptors (Lipinski definition) is 4. The van der Waals surface area contributed by atoms with E-state index in [1.165, 1.54) is 0 Å². The Bertz CT molecular complexity index is 648. The van der Waals surface area contributed by atoms with Gasteiger partial charge >= 0.3 is 0 Å². The summed E-state index contributed by atoms with van der Waals surface area (Å²) in [7, 11) is 1.74. The van der Waals surface area contributed by atoms with Crippen molar-refractivity contribution in [3.63, 3.8) is 0 Å². The second-order valence-corrected chi connectivity index (χ2v) is 4.81. The minimum atomic E-state index is -0.0970. The molecule has 0 aliphatic heterocycles. The van der Waals surface area contributed by atoms with Crippen molar-refractivity contribution < 1.29 is 9.53 Å². The molecule has 112 valence electrons. The monoisotopic (exact) mass is 295 g/mol. The highest BCUT2D eigenvalue weighted by Gasteiger charge is 2.10. The molecule has 0 aliphatic rings. The molecule has 0 atom stereocenters. The number of nitriles is 1. The number of carbonyl (C=O) groups is 1. The molecular formula is C17H17N3O2. The highest BCUT2D eigenvalue weighted by molar-refractivity contribution is 5.77. The predicted molar refractivity (Wildman–Crippen MR) is 82.2 cm³/mol. The average Bonchev–Trinajstić information content (AvgIpc) is 2.58. The lowest BCUT2D eigenvalue weighted by Gasteiger charge is -2.17. The molecule has 0 unspecified atom stereocenters. The minimum Gasteiger partial charge on any atom is -0.484 e. The van der Waals surface area contributed by atoms with Crippen molar-refractivity contribution in [1.29, 1.82) is 5.26 Å². The Kier molecular flexibility index (Phi) is 5.50. The maximum Gasteiger partial charge on any atom is 0.260 e. The van der Waals surface area contributed by atoms with E-state index >= 15 is 0 Å². The van der Waals surface area contributed by atoms with E-state index in [4.69, 9.17) is 10.00 Å². The van der Waals surface area contributed by atoms with Gasteiger partial charge in [0.1, 0.15) is 5.75 Å². The van der Waals surface area contributed by atoms with Gasteiger partial charge in [0.15, 0.2) is 6.61 Å². The molecule has 5 heteroatoms. The highest BCUT2D eigenvalue weighted by atomic mass is 16.5. The quantitative estimate of drug-likeness (QED) is 0.818. The molecule has 0 bridgehead atoms. The van der Waals surface area contributed by atoms with E-state index in [9.17, 15) is 4.79 Å². The van der Waals surface area contributed by atoms with Crippen LogP contribution in [-0.4, -0.2) is 36.0 Å². The van der Waals surface area contributed by atoms with Gasteiger partial charge in [-0.05, 0) is 36.4 Å². The largest absolute Gasteiger partial charge is 0.484 e. The first kappa shape index (κ1) is 15.5. The van der Waals surface area contributed by atoms with Crippen molar-refractivity contribution >= 4 is 5.91 Å². The summed E-state index contributed by atoms with van der Waals surface area (Å²) in [6, 6.07) is 14.4. The van der Waals surface area contributed by atoms with E-state index in [0.29, 0.717) is 24.3 Å². The van der Waals surface area contributed by atoms with E-state index in [1.54, 1.807) is 42.4 Å². The molecule has 0 N–H and O–H groups in total. The van der Waals surface area contributed by atoms with Crippen LogP contribution in [0.15, 0.2) is 48.7 Å². The molecule has 5 nitrogen and oxygen atoms in total. The van der Waals surface area contributed by atoms with Crippen LogP contribution in [0.2, 0.25) is 0 Å². The lowest BCUT2D eigenvalue weighted by Crippen LogP contribution is -2.33. The van der Waals surface area contributed by atoms with Crippen molar-refractivity contribution in [3.05, 3.63) is 59.9 Å². The van der Waals surface area contributed by atoms with Gasteiger partial charge in [0.25, 0.3) is 5.91 Å². The second kappa shape index (κ2) is 7.79. The molecule has 1 amide bonds. The summed E-state index contributed by atoms with van der Waals surface area (Å²) in [5.41, 5.74) is 1.52. The van der Waals surface area contributed by atoms with Gasteiger partial charge in [-0.15, -0.1) is 0 Å². The number of rotatable bonds is 6. The Balaban J connectivity index is 1.77. The molecule has 2 rings (SSSR count). The van der Waals surface area contributed by atoms with Crippen molar-refractivity contribution in [2.45, 2.75) is 6.42 Å².